The predicted octanol–water partition coefficient (Wildman–Crippen LogP) is 5.74. The summed E-state index contributed by atoms with van der Waals surface area (Å²) in [7, 11) is -3.95. The van der Waals surface area contributed by atoms with Crippen LogP contribution in [-0.2, 0) is 20.7 Å². The minimum atomic E-state index is -3.95. The van der Waals surface area contributed by atoms with Gasteiger partial charge in [-0.25, -0.2) is 4.57 Å². The van der Waals surface area contributed by atoms with Crippen LogP contribution in [0.15, 0.2) is 89.4 Å². The number of halogens is 1. The summed E-state index contributed by atoms with van der Waals surface area (Å²) in [5, 5.41) is 2.67. The number of carbonyl (C=O) groups excluding carboxylic acids is 1. The molecule has 0 saturated carbocycles. The van der Waals surface area contributed by atoms with Gasteiger partial charge < -0.3 is 13.8 Å². The maximum absolute atomic E-state index is 13.5. The molecule has 0 aromatic heterocycles. The van der Waals surface area contributed by atoms with Gasteiger partial charge in [-0.3, -0.25) is 4.79 Å². The number of para-hydroxylation sites is 1. The molecule has 0 heterocycles. The van der Waals surface area contributed by atoms with Gasteiger partial charge in [-0.1, -0.05) is 64.5 Å². The Morgan fingerprint density at radius 2 is 1.43 bits per heavy atom. The van der Waals surface area contributed by atoms with Crippen LogP contribution in [-0.4, -0.2) is 12.0 Å². The largest absolute Gasteiger partial charge is 0.513 e. The number of esters is 1. The third-order valence-corrected chi connectivity index (χ3v) is 6.07. The van der Waals surface area contributed by atoms with Crippen LogP contribution in [0.5, 0.6) is 11.5 Å². The van der Waals surface area contributed by atoms with Crippen molar-refractivity contribution in [1.82, 2.24) is 5.09 Å². The molecule has 0 aliphatic carbocycles. The first-order chi connectivity index (χ1) is 14.4. The molecule has 0 fully saturated rings. The standard InChI is InChI=1S/C22H21BrNO5P/c1-17(22(25)27-16-18-8-4-2-5-9-18)24-30(26,28-20-10-6-3-7-11-20)29-21-14-12-19(23)13-15-21/h2-15,17H,16H2,1H3,(H,24,26)/t17-,30?/m0/s1. The number of hydrogen-bond acceptors (Lipinski definition) is 5. The number of nitrogens with one attached hydrogen (secondary N) is 1. The highest BCUT2D eigenvalue weighted by molar-refractivity contribution is 9.10. The lowest BCUT2D eigenvalue weighted by molar-refractivity contribution is -0.146. The molecule has 0 bridgehead atoms. The van der Waals surface area contributed by atoms with Crippen molar-refractivity contribution in [2.24, 2.45) is 0 Å². The molecule has 3 rings (SSSR count). The highest BCUT2D eigenvalue weighted by atomic mass is 79.9. The van der Waals surface area contributed by atoms with Crippen molar-refractivity contribution in [3.8, 4) is 11.5 Å². The Labute approximate surface area is 183 Å². The van der Waals surface area contributed by atoms with Gasteiger partial charge in [-0.2, -0.15) is 5.09 Å². The summed E-state index contributed by atoms with van der Waals surface area (Å²) in [4.78, 5) is 12.4. The van der Waals surface area contributed by atoms with Crippen LogP contribution in [0.4, 0.5) is 0 Å². The van der Waals surface area contributed by atoms with Gasteiger partial charge in [0.05, 0.1) is 0 Å². The Balaban J connectivity index is 1.71. The second-order valence-corrected chi connectivity index (χ2v) is 8.93. The number of rotatable bonds is 9. The van der Waals surface area contributed by atoms with Gasteiger partial charge in [-0.15, -0.1) is 0 Å². The predicted molar refractivity (Wildman–Crippen MR) is 118 cm³/mol. The molecule has 3 aromatic carbocycles. The van der Waals surface area contributed by atoms with Gasteiger partial charge in [0.25, 0.3) is 0 Å². The van der Waals surface area contributed by atoms with Gasteiger partial charge in [0, 0.05) is 4.47 Å². The van der Waals surface area contributed by atoms with Gasteiger partial charge in [0.2, 0.25) is 0 Å². The van der Waals surface area contributed by atoms with E-state index in [4.69, 9.17) is 13.8 Å². The van der Waals surface area contributed by atoms with Crippen LogP contribution < -0.4 is 14.1 Å². The minimum absolute atomic E-state index is 0.114. The maximum Gasteiger partial charge on any atom is 0.513 e. The van der Waals surface area contributed by atoms with E-state index in [-0.39, 0.29) is 6.61 Å². The second kappa shape index (κ2) is 10.4. The number of carbonyl (C=O) groups is 1. The number of hydrogen-bond donors (Lipinski definition) is 1. The van der Waals surface area contributed by atoms with Gasteiger partial charge in [0.15, 0.2) is 0 Å². The molecule has 1 N–H and O–H groups in total. The normalized spacial score (nSPS) is 13.7. The lowest BCUT2D eigenvalue weighted by atomic mass is 10.2. The lowest BCUT2D eigenvalue weighted by Crippen LogP contribution is -2.35. The molecular weight excluding hydrogens is 469 g/mol. The van der Waals surface area contributed by atoms with Gasteiger partial charge in [0.1, 0.15) is 24.1 Å². The van der Waals surface area contributed by atoms with Crippen molar-refractivity contribution < 1.29 is 23.1 Å². The molecule has 6 nitrogen and oxygen atoms in total. The van der Waals surface area contributed by atoms with E-state index in [1.165, 1.54) is 0 Å². The summed E-state index contributed by atoms with van der Waals surface area (Å²) in [5.41, 5.74) is 0.855. The highest BCUT2D eigenvalue weighted by Crippen LogP contribution is 2.45. The van der Waals surface area contributed by atoms with Crippen molar-refractivity contribution in [3.05, 3.63) is 95.0 Å². The minimum Gasteiger partial charge on any atom is -0.460 e. The summed E-state index contributed by atoms with van der Waals surface area (Å²) in [6.07, 6.45) is 0. The average Bonchev–Trinajstić information content (AvgIpc) is 2.75. The van der Waals surface area contributed by atoms with Crippen LogP contribution in [0.25, 0.3) is 0 Å². The Morgan fingerprint density at radius 1 is 0.900 bits per heavy atom. The van der Waals surface area contributed by atoms with E-state index in [1.54, 1.807) is 55.5 Å². The summed E-state index contributed by atoms with van der Waals surface area (Å²) in [6, 6.07) is 23.8. The molecule has 156 valence electrons. The fourth-order valence-electron chi connectivity index (χ4n) is 2.47. The first-order valence-electron chi connectivity index (χ1n) is 9.22. The zero-order chi connectivity index (χ0) is 21.4. The van der Waals surface area contributed by atoms with Crippen LogP contribution in [0.2, 0.25) is 0 Å². The molecule has 2 atom stereocenters. The van der Waals surface area contributed by atoms with Crippen molar-refractivity contribution in [2.75, 3.05) is 0 Å². The van der Waals surface area contributed by atoms with E-state index in [0.29, 0.717) is 11.5 Å². The third-order valence-electron chi connectivity index (χ3n) is 3.94. The molecule has 0 amide bonds. The van der Waals surface area contributed by atoms with E-state index >= 15 is 0 Å². The monoisotopic (exact) mass is 489 g/mol. The van der Waals surface area contributed by atoms with Crippen molar-refractivity contribution in [3.63, 3.8) is 0 Å². The Kier molecular flexibility index (Phi) is 7.69. The molecule has 0 aliphatic rings. The summed E-state index contributed by atoms with van der Waals surface area (Å²) in [6.45, 7) is 1.66. The number of ether oxygens (including phenoxy) is 1. The smallest absolute Gasteiger partial charge is 0.460 e. The van der Waals surface area contributed by atoms with E-state index in [1.807, 2.05) is 36.4 Å². The Bertz CT molecular complexity index is 999. The molecule has 0 spiro atoms. The SMILES string of the molecule is C[C@H](NP(=O)(Oc1ccccc1)Oc1ccc(Br)cc1)C(=O)OCc1ccccc1. The van der Waals surface area contributed by atoms with E-state index in [2.05, 4.69) is 21.0 Å². The summed E-state index contributed by atoms with van der Waals surface area (Å²) < 4.78 is 30.9. The maximum atomic E-state index is 13.5. The topological polar surface area (TPSA) is 73.9 Å². The van der Waals surface area contributed by atoms with Crippen LogP contribution in [0.3, 0.4) is 0 Å². The molecule has 0 aliphatic heterocycles. The van der Waals surface area contributed by atoms with E-state index < -0.39 is 19.8 Å². The third kappa shape index (κ3) is 6.73. The zero-order valence-electron chi connectivity index (χ0n) is 16.2. The number of benzene rings is 3. The quantitative estimate of drug-likeness (QED) is 0.305. The molecule has 0 saturated heterocycles. The first-order valence-corrected chi connectivity index (χ1v) is 11.6. The van der Waals surface area contributed by atoms with Crippen molar-refractivity contribution in [2.45, 2.75) is 19.6 Å². The van der Waals surface area contributed by atoms with Crippen LogP contribution in [0, 0.1) is 0 Å². The first kappa shape index (κ1) is 22.1. The van der Waals surface area contributed by atoms with Gasteiger partial charge in [-0.05, 0) is 48.9 Å². The van der Waals surface area contributed by atoms with E-state index in [0.717, 1.165) is 10.0 Å². The summed E-state index contributed by atoms with van der Waals surface area (Å²) >= 11 is 3.34. The second-order valence-electron chi connectivity index (χ2n) is 6.39. The molecule has 1 unspecified atom stereocenters. The highest BCUT2D eigenvalue weighted by Gasteiger charge is 2.33. The van der Waals surface area contributed by atoms with E-state index in [9.17, 15) is 9.36 Å². The van der Waals surface area contributed by atoms with Crippen molar-refractivity contribution in [1.29, 1.82) is 0 Å². The van der Waals surface area contributed by atoms with Crippen molar-refractivity contribution >= 4 is 29.6 Å². The lowest BCUT2D eigenvalue weighted by Gasteiger charge is -2.23. The summed E-state index contributed by atoms with van der Waals surface area (Å²) in [5.74, 6) is 0.0975. The van der Waals surface area contributed by atoms with Gasteiger partial charge >= 0.3 is 13.7 Å². The fourth-order valence-corrected chi connectivity index (χ4v) is 4.25. The Hall–Kier alpha value is -2.60. The molecule has 3 aromatic rings. The Morgan fingerprint density at radius 3 is 2.03 bits per heavy atom. The van der Waals surface area contributed by atoms with Crippen LogP contribution >= 0.6 is 23.7 Å². The molecule has 30 heavy (non-hydrogen) atoms. The zero-order valence-corrected chi connectivity index (χ0v) is 18.7. The van der Waals surface area contributed by atoms with Crippen LogP contribution in [0.1, 0.15) is 12.5 Å². The molecule has 8 heteroatoms. The average molecular weight is 490 g/mol. The fraction of sp³-hybridized carbons (Fsp3) is 0.136. The molecular formula is C22H21BrNO5P. The molecule has 0 radical (unpaired) electrons.